The zero-order valence-corrected chi connectivity index (χ0v) is 7.63. The number of hydrogen-bond acceptors (Lipinski definition) is 1. The van der Waals surface area contributed by atoms with Crippen LogP contribution in [0.3, 0.4) is 0 Å². The zero-order chi connectivity index (χ0) is 8.97. The monoisotopic (exact) mass is 188 g/mol. The largest absolute Gasteiger partial charge is 0.207 e. The van der Waals surface area contributed by atoms with E-state index in [-0.39, 0.29) is 0 Å². The minimum absolute atomic E-state index is 0.464. The first-order valence-corrected chi connectivity index (χ1v) is 4.80. The Labute approximate surface area is 75.0 Å². The van der Waals surface area contributed by atoms with Gasteiger partial charge < -0.3 is 0 Å². The third-order valence-corrected chi connectivity index (χ3v) is 2.61. The Morgan fingerprint density at radius 2 is 2.08 bits per heavy atom. The molecule has 1 rings (SSSR count). The topological polar surface area (TPSA) is 0 Å². The van der Waals surface area contributed by atoms with Gasteiger partial charge >= 0.3 is 0 Å². The van der Waals surface area contributed by atoms with Crippen molar-refractivity contribution < 1.29 is 8.78 Å². The molecule has 0 spiro atoms. The van der Waals surface area contributed by atoms with Gasteiger partial charge in [-0.3, -0.25) is 0 Å². The third kappa shape index (κ3) is 2.48. The zero-order valence-electron chi connectivity index (χ0n) is 6.81. The Hall–Kier alpha value is -0.570. The lowest BCUT2D eigenvalue weighted by atomic mass is 10.3. The molecule has 0 bridgehead atoms. The molecule has 0 aliphatic heterocycles. The molecule has 0 aromatic heterocycles. The average molecular weight is 188 g/mol. The maximum absolute atomic E-state index is 12.9. The lowest BCUT2D eigenvalue weighted by Crippen LogP contribution is -1.84. The Morgan fingerprint density at radius 1 is 1.33 bits per heavy atom. The van der Waals surface area contributed by atoms with Gasteiger partial charge in [-0.15, -0.1) is 11.8 Å². The van der Waals surface area contributed by atoms with E-state index >= 15 is 0 Å². The molecule has 0 radical (unpaired) electrons. The van der Waals surface area contributed by atoms with Gasteiger partial charge in [0.2, 0.25) is 0 Å². The van der Waals surface area contributed by atoms with E-state index in [0.717, 1.165) is 18.2 Å². The highest BCUT2D eigenvalue weighted by Gasteiger charge is 2.02. The normalized spacial score (nSPS) is 10.2. The molecule has 1 aromatic carbocycles. The molecule has 1 aromatic rings. The van der Waals surface area contributed by atoms with Gasteiger partial charge in [0.15, 0.2) is 0 Å². The molecule has 0 fully saturated rings. The van der Waals surface area contributed by atoms with Crippen LogP contribution in [-0.2, 0) is 0 Å². The predicted molar refractivity (Wildman–Crippen MR) is 47.4 cm³/mol. The van der Waals surface area contributed by atoms with E-state index in [9.17, 15) is 8.78 Å². The van der Waals surface area contributed by atoms with Crippen LogP contribution in [0.15, 0.2) is 23.1 Å². The molecular formula is C9H10F2S. The van der Waals surface area contributed by atoms with Gasteiger partial charge in [0.1, 0.15) is 11.6 Å². The molecule has 0 aliphatic carbocycles. The predicted octanol–water partition coefficient (Wildman–Crippen LogP) is 3.47. The maximum atomic E-state index is 12.9. The van der Waals surface area contributed by atoms with Crippen LogP contribution in [0.1, 0.15) is 13.3 Å². The highest BCUT2D eigenvalue weighted by atomic mass is 32.2. The summed E-state index contributed by atoms with van der Waals surface area (Å²) in [6, 6.07) is 3.67. The summed E-state index contributed by atoms with van der Waals surface area (Å²) in [7, 11) is 0. The van der Waals surface area contributed by atoms with Gasteiger partial charge in [0.05, 0.1) is 0 Å². The van der Waals surface area contributed by atoms with Gasteiger partial charge in [0.25, 0.3) is 0 Å². The first-order valence-electron chi connectivity index (χ1n) is 3.82. The van der Waals surface area contributed by atoms with E-state index in [1.165, 1.54) is 23.9 Å². The van der Waals surface area contributed by atoms with E-state index in [1.54, 1.807) is 0 Å². The molecule has 0 heterocycles. The Morgan fingerprint density at radius 3 is 2.67 bits per heavy atom. The molecule has 0 aliphatic rings. The molecule has 0 saturated heterocycles. The van der Waals surface area contributed by atoms with Gasteiger partial charge in [-0.1, -0.05) is 6.92 Å². The number of thioether (sulfide) groups is 1. The molecule has 12 heavy (non-hydrogen) atoms. The van der Waals surface area contributed by atoms with Crippen LogP contribution in [0.4, 0.5) is 8.78 Å². The fourth-order valence-electron chi connectivity index (χ4n) is 0.804. The highest BCUT2D eigenvalue weighted by Crippen LogP contribution is 2.22. The average Bonchev–Trinajstić information content (AvgIpc) is 2.03. The number of benzene rings is 1. The smallest absolute Gasteiger partial charge is 0.139 e. The molecule has 3 heteroatoms. The SMILES string of the molecule is CCCSc1ccc(F)cc1F. The van der Waals surface area contributed by atoms with Gasteiger partial charge in [-0.25, -0.2) is 8.78 Å². The molecule has 0 nitrogen and oxygen atoms in total. The Bertz CT molecular complexity index is 261. The second kappa shape index (κ2) is 4.45. The first-order chi connectivity index (χ1) is 5.74. The lowest BCUT2D eigenvalue weighted by molar-refractivity contribution is 0.565. The van der Waals surface area contributed by atoms with Crippen molar-refractivity contribution >= 4 is 11.8 Å². The second-order valence-electron chi connectivity index (χ2n) is 2.42. The first kappa shape index (κ1) is 9.52. The molecule has 0 saturated carbocycles. The Kier molecular flexibility index (Phi) is 3.53. The summed E-state index contributed by atoms with van der Waals surface area (Å²) in [5, 5.41) is 0. The molecule has 66 valence electrons. The highest BCUT2D eigenvalue weighted by molar-refractivity contribution is 7.99. The van der Waals surface area contributed by atoms with E-state index in [0.29, 0.717) is 4.90 Å². The third-order valence-electron chi connectivity index (χ3n) is 1.36. The van der Waals surface area contributed by atoms with E-state index in [2.05, 4.69) is 0 Å². The summed E-state index contributed by atoms with van der Waals surface area (Å²) < 4.78 is 25.3. The van der Waals surface area contributed by atoms with Crippen molar-refractivity contribution in [1.29, 1.82) is 0 Å². The standard InChI is InChI=1S/C9H10F2S/c1-2-5-12-9-4-3-7(10)6-8(9)11/h3-4,6H,2,5H2,1H3. The molecule has 0 atom stereocenters. The van der Waals surface area contributed by atoms with E-state index in [1.807, 2.05) is 6.92 Å². The van der Waals surface area contributed by atoms with Crippen LogP contribution in [0.5, 0.6) is 0 Å². The van der Waals surface area contributed by atoms with Crippen molar-refractivity contribution in [2.45, 2.75) is 18.2 Å². The number of halogens is 2. The molecular weight excluding hydrogens is 178 g/mol. The lowest BCUT2D eigenvalue weighted by Gasteiger charge is -2.00. The van der Waals surface area contributed by atoms with Crippen LogP contribution < -0.4 is 0 Å². The van der Waals surface area contributed by atoms with Crippen LogP contribution in [0.25, 0.3) is 0 Å². The molecule has 0 amide bonds. The summed E-state index contributed by atoms with van der Waals surface area (Å²) in [5.41, 5.74) is 0. The maximum Gasteiger partial charge on any atom is 0.139 e. The quantitative estimate of drug-likeness (QED) is 0.654. The van der Waals surface area contributed by atoms with Crippen molar-refractivity contribution in [1.82, 2.24) is 0 Å². The van der Waals surface area contributed by atoms with Gasteiger partial charge in [-0.05, 0) is 24.3 Å². The van der Waals surface area contributed by atoms with Gasteiger partial charge in [0, 0.05) is 11.0 Å². The Balaban J connectivity index is 2.72. The van der Waals surface area contributed by atoms with Crippen LogP contribution in [0, 0.1) is 11.6 Å². The van der Waals surface area contributed by atoms with Crippen LogP contribution in [0.2, 0.25) is 0 Å². The summed E-state index contributed by atoms with van der Waals surface area (Å²) in [6.07, 6.45) is 0.988. The fourth-order valence-corrected chi connectivity index (χ4v) is 1.59. The van der Waals surface area contributed by atoms with Gasteiger partial charge in [-0.2, -0.15) is 0 Å². The fraction of sp³-hybridized carbons (Fsp3) is 0.333. The summed E-state index contributed by atoms with van der Waals surface area (Å²) in [4.78, 5) is 0.526. The molecule has 0 unspecified atom stereocenters. The van der Waals surface area contributed by atoms with Crippen molar-refractivity contribution in [3.8, 4) is 0 Å². The number of hydrogen-bond donors (Lipinski definition) is 0. The summed E-state index contributed by atoms with van der Waals surface area (Å²) in [5.74, 6) is -0.121. The van der Waals surface area contributed by atoms with E-state index < -0.39 is 11.6 Å². The second-order valence-corrected chi connectivity index (χ2v) is 3.56. The van der Waals surface area contributed by atoms with Crippen LogP contribution in [-0.4, -0.2) is 5.75 Å². The minimum Gasteiger partial charge on any atom is -0.207 e. The summed E-state index contributed by atoms with van der Waals surface area (Å²) >= 11 is 1.41. The van der Waals surface area contributed by atoms with Crippen molar-refractivity contribution in [3.63, 3.8) is 0 Å². The number of rotatable bonds is 3. The van der Waals surface area contributed by atoms with E-state index in [4.69, 9.17) is 0 Å². The van der Waals surface area contributed by atoms with Crippen molar-refractivity contribution in [3.05, 3.63) is 29.8 Å². The molecule has 0 N–H and O–H groups in total. The summed E-state index contributed by atoms with van der Waals surface area (Å²) in [6.45, 7) is 2.02. The minimum atomic E-state index is -0.520. The van der Waals surface area contributed by atoms with Crippen LogP contribution >= 0.6 is 11.8 Å². The van der Waals surface area contributed by atoms with Crippen molar-refractivity contribution in [2.75, 3.05) is 5.75 Å². The van der Waals surface area contributed by atoms with Crippen molar-refractivity contribution in [2.24, 2.45) is 0 Å².